The Hall–Kier alpha value is -2.64. The molecule has 244 valence electrons. The van der Waals surface area contributed by atoms with Crippen LogP contribution in [0, 0.1) is 0 Å². The largest absolute Gasteiger partial charge is 0.448 e. The molecule has 1 saturated carbocycles. The van der Waals surface area contributed by atoms with Gasteiger partial charge in [0.05, 0.1) is 32.0 Å². The van der Waals surface area contributed by atoms with Crippen molar-refractivity contribution in [3.8, 4) is 0 Å². The van der Waals surface area contributed by atoms with Crippen LogP contribution in [0.1, 0.15) is 26.2 Å². The average Bonchev–Trinajstić information content (AvgIpc) is 3.79. The van der Waals surface area contributed by atoms with Gasteiger partial charge in [-0.3, -0.25) is 0 Å². The second kappa shape index (κ2) is 13.8. The van der Waals surface area contributed by atoms with Crippen LogP contribution in [0.5, 0.6) is 0 Å². The number of carbonyl (C=O) groups excluding carboxylic acids is 6. The molecule has 7 aliphatic rings. The zero-order chi connectivity index (χ0) is 31.5. The molecule has 16 nitrogen and oxygen atoms in total. The highest BCUT2D eigenvalue weighted by Gasteiger charge is 2.70. The van der Waals surface area contributed by atoms with Gasteiger partial charge in [-0.25, -0.2) is 28.8 Å². The van der Waals surface area contributed by atoms with Crippen molar-refractivity contribution in [3.63, 3.8) is 0 Å². The van der Waals surface area contributed by atoms with Crippen LogP contribution in [0.4, 0.5) is 0 Å². The van der Waals surface area contributed by atoms with Crippen LogP contribution in [-0.4, -0.2) is 138 Å². The van der Waals surface area contributed by atoms with Crippen LogP contribution >= 0.6 is 23.5 Å². The molecule has 7 atom stereocenters. The van der Waals surface area contributed by atoms with Crippen molar-refractivity contribution in [2.24, 2.45) is 0 Å². The van der Waals surface area contributed by atoms with Gasteiger partial charge in [0.2, 0.25) is 23.9 Å². The predicted molar refractivity (Wildman–Crippen MR) is 144 cm³/mol. The fraction of sp³-hybridized carbons (Fsp3) is 0.769. The number of epoxide rings is 3. The van der Waals surface area contributed by atoms with Crippen molar-refractivity contribution < 1.29 is 76.5 Å². The lowest BCUT2D eigenvalue weighted by Gasteiger charge is -2.27. The molecule has 7 unspecified atom stereocenters. The van der Waals surface area contributed by atoms with Gasteiger partial charge in [0.25, 0.3) is 0 Å². The van der Waals surface area contributed by atoms with E-state index in [0.717, 1.165) is 24.7 Å². The zero-order valence-corrected chi connectivity index (χ0v) is 25.3. The number of aliphatic hydroxyl groups is 1. The van der Waals surface area contributed by atoms with Crippen LogP contribution in [0.15, 0.2) is 0 Å². The maximum absolute atomic E-state index is 11.8. The first-order chi connectivity index (χ1) is 21.1. The number of cyclic esters (lactones) is 4. The molecule has 0 aromatic rings. The van der Waals surface area contributed by atoms with Crippen molar-refractivity contribution in [1.82, 2.24) is 0 Å². The molecule has 0 amide bonds. The Bertz CT molecular complexity index is 1060. The summed E-state index contributed by atoms with van der Waals surface area (Å²) in [7, 11) is 0. The first-order valence-corrected chi connectivity index (χ1v) is 16.3. The molecule has 6 aliphatic heterocycles. The molecule has 0 aromatic heterocycles. The van der Waals surface area contributed by atoms with Gasteiger partial charge in [-0.15, -0.1) is 0 Å². The van der Waals surface area contributed by atoms with Gasteiger partial charge >= 0.3 is 41.6 Å². The molecule has 0 bridgehead atoms. The SMILES string of the molecule is CCC1OC(=O)C(CO)OC1=O.O=C1OC(CSCC2CO2)C(=O)OC1CSCC1CO1.O=C1OC2(CO2)C(=O)OC12CC2. The first kappa shape index (κ1) is 32.7. The lowest BCUT2D eigenvalue weighted by Crippen LogP contribution is -2.47. The zero-order valence-electron chi connectivity index (χ0n) is 23.6. The molecule has 2 spiro atoms. The second-order valence-corrected chi connectivity index (χ2v) is 12.7. The van der Waals surface area contributed by atoms with E-state index in [2.05, 4.69) is 9.47 Å². The minimum atomic E-state index is -1.36. The number of esters is 6. The Morgan fingerprint density at radius 1 is 0.682 bits per heavy atom. The van der Waals surface area contributed by atoms with Crippen LogP contribution in [0.25, 0.3) is 0 Å². The van der Waals surface area contributed by atoms with Crippen LogP contribution in [0.3, 0.4) is 0 Å². The summed E-state index contributed by atoms with van der Waals surface area (Å²) < 4.78 is 44.2. The second-order valence-electron chi connectivity index (χ2n) is 10.6. The number of thioether (sulfide) groups is 2. The van der Waals surface area contributed by atoms with E-state index in [0.29, 0.717) is 43.0 Å². The predicted octanol–water partition coefficient (Wildman–Crippen LogP) is -1.34. The first-order valence-electron chi connectivity index (χ1n) is 14.0. The quantitative estimate of drug-likeness (QED) is 0.162. The van der Waals surface area contributed by atoms with Gasteiger partial charge in [-0.05, 0) is 6.42 Å². The van der Waals surface area contributed by atoms with Crippen LogP contribution in [0.2, 0.25) is 0 Å². The van der Waals surface area contributed by atoms with Crippen LogP contribution < -0.4 is 0 Å². The summed E-state index contributed by atoms with van der Waals surface area (Å²) in [6.45, 7) is 2.88. The molecule has 0 aromatic carbocycles. The van der Waals surface area contributed by atoms with E-state index in [9.17, 15) is 28.8 Å². The molecule has 6 heterocycles. The number of ether oxygens (including phenoxy) is 9. The molecule has 6 saturated heterocycles. The average molecular weight is 665 g/mol. The van der Waals surface area contributed by atoms with Crippen molar-refractivity contribution in [1.29, 1.82) is 0 Å². The third-order valence-corrected chi connectivity index (χ3v) is 9.20. The molecule has 1 N–H and O–H groups in total. The summed E-state index contributed by atoms with van der Waals surface area (Å²) in [6, 6.07) is 0. The summed E-state index contributed by atoms with van der Waals surface area (Å²) in [5, 5.41) is 8.56. The minimum absolute atomic E-state index is 0.133. The lowest BCUT2D eigenvalue weighted by molar-refractivity contribution is -0.212. The fourth-order valence-electron chi connectivity index (χ4n) is 3.81. The standard InChI is InChI=1S/C12H16O6S2.C7H6O5.C7H10O5/c13-11-9(5-19-3-7-1-15-7)17-12(14)10(18-11)6-20-4-8-2-16-8;8-4-6(1-2-6)11-5(9)7(12-4)3-10-7;1-2-4-6(9)12-5(3-8)7(10)11-4/h7-10H,1-6H2;1-3H2;4-5,8H,2-3H2,1H3. The summed E-state index contributed by atoms with van der Waals surface area (Å²) >= 11 is 3.09. The molecule has 7 rings (SSSR count). The summed E-state index contributed by atoms with van der Waals surface area (Å²) in [5.41, 5.74) is -0.936. The third kappa shape index (κ3) is 8.33. The van der Waals surface area contributed by atoms with Crippen molar-refractivity contribution in [3.05, 3.63) is 0 Å². The number of aliphatic hydroxyl groups excluding tert-OH is 1. The molecule has 1 aliphatic carbocycles. The number of hydrogen-bond acceptors (Lipinski definition) is 18. The van der Waals surface area contributed by atoms with Gasteiger partial charge < -0.3 is 47.7 Å². The Morgan fingerprint density at radius 2 is 1.14 bits per heavy atom. The smallest absolute Gasteiger partial charge is 0.383 e. The molecule has 7 fully saturated rings. The Kier molecular flexibility index (Phi) is 10.3. The van der Waals surface area contributed by atoms with Gasteiger partial charge in [-0.2, -0.15) is 23.5 Å². The Labute approximate surface area is 259 Å². The maximum Gasteiger partial charge on any atom is 0.383 e. The van der Waals surface area contributed by atoms with E-state index < -0.39 is 78.2 Å². The van der Waals surface area contributed by atoms with Crippen molar-refractivity contribution in [2.75, 3.05) is 49.4 Å². The Balaban J connectivity index is 0.000000138. The molecule has 18 heteroatoms. The number of carbonyl (C=O) groups is 6. The fourth-order valence-corrected chi connectivity index (χ4v) is 5.83. The van der Waals surface area contributed by atoms with Crippen molar-refractivity contribution >= 4 is 59.3 Å². The van der Waals surface area contributed by atoms with Gasteiger partial charge in [0.15, 0.2) is 6.10 Å². The molecular weight excluding hydrogens is 632 g/mol. The van der Waals surface area contributed by atoms with Gasteiger partial charge in [0.1, 0.15) is 6.61 Å². The van der Waals surface area contributed by atoms with E-state index in [4.69, 9.17) is 38.3 Å². The van der Waals surface area contributed by atoms with E-state index >= 15 is 0 Å². The molecule has 0 radical (unpaired) electrons. The topological polar surface area (TPSA) is 216 Å². The van der Waals surface area contributed by atoms with Crippen molar-refractivity contribution in [2.45, 2.75) is 74.2 Å². The summed E-state index contributed by atoms with van der Waals surface area (Å²) in [4.78, 5) is 67.7. The number of hydrogen-bond donors (Lipinski definition) is 1. The van der Waals surface area contributed by atoms with Gasteiger partial charge in [-0.1, -0.05) is 6.92 Å². The highest BCUT2D eigenvalue weighted by atomic mass is 32.2. The van der Waals surface area contributed by atoms with E-state index in [1.165, 1.54) is 0 Å². The summed E-state index contributed by atoms with van der Waals surface area (Å²) in [6.07, 6.45) is -1.36. The van der Waals surface area contributed by atoms with Crippen LogP contribution in [-0.2, 0) is 71.4 Å². The normalized spacial score (nSPS) is 35.3. The highest BCUT2D eigenvalue weighted by molar-refractivity contribution is 7.99. The third-order valence-electron chi connectivity index (χ3n) is 6.91. The monoisotopic (exact) mass is 664 g/mol. The Morgan fingerprint density at radius 3 is 1.57 bits per heavy atom. The minimum Gasteiger partial charge on any atom is -0.448 e. The lowest BCUT2D eigenvalue weighted by atomic mass is 10.2. The van der Waals surface area contributed by atoms with Gasteiger partial charge in [0, 0.05) is 35.9 Å². The summed E-state index contributed by atoms with van der Waals surface area (Å²) in [5.74, 6) is -2.02. The highest BCUT2D eigenvalue weighted by Crippen LogP contribution is 2.48. The maximum atomic E-state index is 11.8. The van der Waals surface area contributed by atoms with E-state index in [1.807, 2.05) is 0 Å². The van der Waals surface area contributed by atoms with E-state index in [1.54, 1.807) is 30.4 Å². The molecule has 44 heavy (non-hydrogen) atoms. The number of rotatable bonds is 10. The molecular formula is C26H32O16S2. The van der Waals surface area contributed by atoms with E-state index in [-0.39, 0.29) is 6.61 Å².